The lowest BCUT2D eigenvalue weighted by molar-refractivity contribution is 0.0983. The highest BCUT2D eigenvalue weighted by molar-refractivity contribution is 6.10. The number of aryl methyl sites for hydroxylation is 3. The van der Waals surface area contributed by atoms with Gasteiger partial charge >= 0.3 is 0 Å². The molecular formula is C28H25N5O2. The molecule has 2 amide bonds. The van der Waals surface area contributed by atoms with Gasteiger partial charge in [-0.05, 0) is 74.4 Å². The number of para-hydroxylation sites is 2. The molecule has 2 aromatic heterocycles. The average Bonchev–Trinajstić information content (AvgIpc) is 3.02. The van der Waals surface area contributed by atoms with Gasteiger partial charge in [-0.1, -0.05) is 18.2 Å². The summed E-state index contributed by atoms with van der Waals surface area (Å²) in [6, 6.07) is 18.7. The van der Waals surface area contributed by atoms with Crippen LogP contribution in [0.5, 0.6) is 0 Å². The fraction of sp³-hybridized carbons (Fsp3) is 0.143. The summed E-state index contributed by atoms with van der Waals surface area (Å²) in [4.78, 5) is 37.1. The van der Waals surface area contributed by atoms with Gasteiger partial charge in [0.2, 0.25) is 0 Å². The van der Waals surface area contributed by atoms with Crippen molar-refractivity contribution in [2.45, 2.75) is 27.3 Å². The first-order valence-electron chi connectivity index (χ1n) is 11.4. The van der Waals surface area contributed by atoms with Crippen LogP contribution in [-0.2, 0) is 6.54 Å². The molecule has 174 valence electrons. The van der Waals surface area contributed by atoms with Gasteiger partial charge in [-0.25, -0.2) is 4.98 Å². The highest BCUT2D eigenvalue weighted by atomic mass is 16.2. The van der Waals surface area contributed by atoms with Crippen LogP contribution in [0.25, 0.3) is 0 Å². The van der Waals surface area contributed by atoms with E-state index in [0.29, 0.717) is 29.1 Å². The minimum Gasteiger partial charge on any atom is -0.338 e. The number of rotatable bonds is 3. The van der Waals surface area contributed by atoms with Gasteiger partial charge < -0.3 is 15.5 Å². The lowest BCUT2D eigenvalue weighted by Crippen LogP contribution is -2.30. The highest BCUT2D eigenvalue weighted by Gasteiger charge is 2.26. The third-order valence-corrected chi connectivity index (χ3v) is 6.21. The molecule has 0 bridgehead atoms. The number of carbonyl (C=O) groups excluding carboxylic acids is 2. The second-order valence-electron chi connectivity index (χ2n) is 8.62. The van der Waals surface area contributed by atoms with Crippen LogP contribution < -0.4 is 15.5 Å². The van der Waals surface area contributed by atoms with Crippen molar-refractivity contribution in [2.24, 2.45) is 0 Å². The number of aromatic nitrogens is 2. The summed E-state index contributed by atoms with van der Waals surface area (Å²) in [6.07, 6.45) is 3.40. The monoisotopic (exact) mass is 463 g/mol. The van der Waals surface area contributed by atoms with Gasteiger partial charge in [0.15, 0.2) is 0 Å². The normalized spacial score (nSPS) is 12.1. The quantitative estimate of drug-likeness (QED) is 0.415. The molecule has 0 unspecified atom stereocenters. The molecule has 0 saturated carbocycles. The zero-order valence-electron chi connectivity index (χ0n) is 19.8. The van der Waals surface area contributed by atoms with Crippen molar-refractivity contribution in [3.63, 3.8) is 0 Å². The maximum Gasteiger partial charge on any atom is 0.258 e. The summed E-state index contributed by atoms with van der Waals surface area (Å²) in [6.45, 7) is 5.97. The minimum atomic E-state index is -0.228. The molecule has 35 heavy (non-hydrogen) atoms. The lowest BCUT2D eigenvalue weighted by atomic mass is 10.0. The van der Waals surface area contributed by atoms with E-state index in [4.69, 9.17) is 0 Å². The average molecular weight is 464 g/mol. The largest absolute Gasteiger partial charge is 0.338 e. The predicted molar refractivity (Wildman–Crippen MR) is 137 cm³/mol. The number of amides is 2. The van der Waals surface area contributed by atoms with Crippen molar-refractivity contribution >= 4 is 34.7 Å². The Hall–Kier alpha value is -4.52. The third kappa shape index (κ3) is 4.24. The van der Waals surface area contributed by atoms with Crippen LogP contribution in [0.15, 0.2) is 73.1 Å². The molecule has 7 heteroatoms. The first-order valence-corrected chi connectivity index (χ1v) is 11.4. The van der Waals surface area contributed by atoms with Crippen LogP contribution >= 0.6 is 0 Å². The number of carbonyl (C=O) groups is 2. The summed E-state index contributed by atoms with van der Waals surface area (Å²) < 4.78 is 0. The molecule has 7 nitrogen and oxygen atoms in total. The minimum absolute atomic E-state index is 0.113. The van der Waals surface area contributed by atoms with Gasteiger partial charge in [-0.3, -0.25) is 14.6 Å². The molecule has 3 heterocycles. The van der Waals surface area contributed by atoms with Crippen molar-refractivity contribution in [2.75, 3.05) is 15.5 Å². The van der Waals surface area contributed by atoms with E-state index >= 15 is 0 Å². The molecular weight excluding hydrogens is 438 g/mol. The molecule has 2 aromatic carbocycles. The molecule has 5 rings (SSSR count). The van der Waals surface area contributed by atoms with Gasteiger partial charge in [0.25, 0.3) is 11.8 Å². The number of nitrogens with one attached hydrogen (secondary N) is 2. The van der Waals surface area contributed by atoms with Crippen LogP contribution in [0.4, 0.5) is 22.9 Å². The Balaban J connectivity index is 1.49. The Morgan fingerprint density at radius 3 is 2.49 bits per heavy atom. The van der Waals surface area contributed by atoms with E-state index in [2.05, 4.69) is 20.6 Å². The van der Waals surface area contributed by atoms with E-state index in [1.807, 2.05) is 62.4 Å². The Kier molecular flexibility index (Phi) is 5.74. The van der Waals surface area contributed by atoms with E-state index in [1.165, 1.54) is 0 Å². The first kappa shape index (κ1) is 22.3. The standard InChI is InChI=1S/C28H25N5O2/c1-17-15-24(32-27(34)21-9-7-12-29-19(21)3)18(2)14-22(17)28(35)33-16-20-8-6-13-30-26(20)31-23-10-4-5-11-25(23)33/h4-15H,16H2,1-3H3,(H,30,31)(H,32,34). The van der Waals surface area contributed by atoms with Gasteiger partial charge in [-0.15, -0.1) is 0 Å². The second-order valence-corrected chi connectivity index (χ2v) is 8.62. The van der Waals surface area contributed by atoms with Crippen LogP contribution in [0.1, 0.15) is 43.1 Å². The number of hydrogen-bond donors (Lipinski definition) is 2. The van der Waals surface area contributed by atoms with Crippen molar-refractivity contribution in [3.8, 4) is 0 Å². The summed E-state index contributed by atoms with van der Waals surface area (Å²) in [5.41, 5.74) is 6.56. The van der Waals surface area contributed by atoms with Gasteiger partial charge in [0.1, 0.15) is 5.82 Å². The zero-order chi connectivity index (χ0) is 24.5. The lowest BCUT2D eigenvalue weighted by Gasteiger charge is -2.24. The van der Waals surface area contributed by atoms with Crippen molar-refractivity contribution in [1.82, 2.24) is 9.97 Å². The van der Waals surface area contributed by atoms with Gasteiger partial charge in [-0.2, -0.15) is 0 Å². The summed E-state index contributed by atoms with van der Waals surface area (Å²) in [7, 11) is 0. The van der Waals surface area contributed by atoms with E-state index in [-0.39, 0.29) is 11.8 Å². The number of anilines is 4. The molecule has 0 radical (unpaired) electrons. The Labute approximate surface area is 203 Å². The molecule has 0 aliphatic carbocycles. The molecule has 0 saturated heterocycles. The number of pyridine rings is 2. The van der Waals surface area contributed by atoms with Gasteiger partial charge in [0.05, 0.1) is 23.5 Å². The molecule has 4 aromatic rings. The predicted octanol–water partition coefficient (Wildman–Crippen LogP) is 5.56. The number of fused-ring (bicyclic) bond motifs is 2. The second kappa shape index (κ2) is 9.02. The van der Waals surface area contributed by atoms with Crippen molar-refractivity contribution < 1.29 is 9.59 Å². The fourth-order valence-corrected chi connectivity index (χ4v) is 4.30. The number of benzene rings is 2. The summed E-state index contributed by atoms with van der Waals surface area (Å²) >= 11 is 0. The van der Waals surface area contributed by atoms with E-state index in [9.17, 15) is 9.59 Å². The molecule has 0 spiro atoms. The summed E-state index contributed by atoms with van der Waals surface area (Å²) in [5, 5.41) is 6.33. The Bertz CT molecular complexity index is 1460. The van der Waals surface area contributed by atoms with Crippen LogP contribution in [0.3, 0.4) is 0 Å². The third-order valence-electron chi connectivity index (χ3n) is 6.21. The fourth-order valence-electron chi connectivity index (χ4n) is 4.30. The van der Waals surface area contributed by atoms with E-state index in [1.54, 1.807) is 36.4 Å². The van der Waals surface area contributed by atoms with Gasteiger partial charge in [0, 0.05) is 34.9 Å². The molecule has 0 atom stereocenters. The zero-order valence-corrected chi connectivity index (χ0v) is 19.8. The molecule has 1 aliphatic heterocycles. The van der Waals surface area contributed by atoms with Crippen LogP contribution in [-0.4, -0.2) is 21.8 Å². The summed E-state index contributed by atoms with van der Waals surface area (Å²) in [5.74, 6) is 0.401. The smallest absolute Gasteiger partial charge is 0.258 e. The SMILES string of the molecule is Cc1cc(C(=O)N2Cc3cccnc3Nc3ccccc32)c(C)cc1NC(=O)c1cccnc1C. The first-order chi connectivity index (χ1) is 16.9. The molecule has 0 fully saturated rings. The van der Waals surface area contributed by atoms with Crippen LogP contribution in [0, 0.1) is 20.8 Å². The van der Waals surface area contributed by atoms with Crippen molar-refractivity contribution in [3.05, 3.63) is 107 Å². The topological polar surface area (TPSA) is 87.2 Å². The van der Waals surface area contributed by atoms with Crippen LogP contribution in [0.2, 0.25) is 0 Å². The number of nitrogens with zero attached hydrogens (tertiary/aromatic N) is 3. The van der Waals surface area contributed by atoms with E-state index < -0.39 is 0 Å². The maximum atomic E-state index is 13.9. The maximum absolute atomic E-state index is 13.9. The Morgan fingerprint density at radius 2 is 1.66 bits per heavy atom. The van der Waals surface area contributed by atoms with E-state index in [0.717, 1.165) is 33.9 Å². The number of hydrogen-bond acceptors (Lipinski definition) is 5. The highest BCUT2D eigenvalue weighted by Crippen LogP contribution is 2.36. The molecule has 2 N–H and O–H groups in total. The van der Waals surface area contributed by atoms with Crippen molar-refractivity contribution in [1.29, 1.82) is 0 Å². The Morgan fingerprint density at radius 1 is 0.886 bits per heavy atom. The molecule has 1 aliphatic rings.